The lowest BCUT2D eigenvalue weighted by Gasteiger charge is -2.40. The summed E-state index contributed by atoms with van der Waals surface area (Å²) in [5.41, 5.74) is -0.169. The first kappa shape index (κ1) is 16.9. The van der Waals surface area contributed by atoms with Gasteiger partial charge in [-0.25, -0.2) is 13.1 Å². The van der Waals surface area contributed by atoms with E-state index in [0.717, 1.165) is 13.1 Å². The summed E-state index contributed by atoms with van der Waals surface area (Å²) in [6.45, 7) is 7.15. The summed E-state index contributed by atoms with van der Waals surface area (Å²) < 4.78 is 32.8. The van der Waals surface area contributed by atoms with Crippen molar-refractivity contribution in [2.45, 2.75) is 24.3 Å². The van der Waals surface area contributed by atoms with Crippen LogP contribution in [0, 0.1) is 11.3 Å². The topological polar surface area (TPSA) is 82.4 Å². The molecule has 0 unspecified atom stereocenters. The molecule has 0 spiro atoms. The fourth-order valence-corrected chi connectivity index (χ4v) is 3.78. The first-order valence-electron chi connectivity index (χ1n) is 7.18. The number of benzene rings is 1. The lowest BCUT2D eigenvalue weighted by atomic mass is 10.0. The molecule has 0 bridgehead atoms. The van der Waals surface area contributed by atoms with E-state index in [-0.39, 0.29) is 22.5 Å². The molecule has 0 radical (unpaired) electrons. The first-order chi connectivity index (χ1) is 10.4. The highest BCUT2D eigenvalue weighted by Gasteiger charge is 2.30. The van der Waals surface area contributed by atoms with Gasteiger partial charge in [0.1, 0.15) is 6.07 Å². The largest absolute Gasteiger partial charge is 0.379 e. The highest BCUT2D eigenvalue weighted by Crippen LogP contribution is 2.18. The van der Waals surface area contributed by atoms with E-state index in [1.54, 1.807) is 12.1 Å². The van der Waals surface area contributed by atoms with Gasteiger partial charge in [-0.3, -0.25) is 4.90 Å². The Hall–Kier alpha value is -1.46. The Kier molecular flexibility index (Phi) is 5.19. The molecule has 1 aromatic rings. The molecule has 1 fully saturated rings. The van der Waals surface area contributed by atoms with Crippen LogP contribution in [0.3, 0.4) is 0 Å². The van der Waals surface area contributed by atoms with E-state index in [4.69, 9.17) is 10.00 Å². The smallest absolute Gasteiger partial charge is 0.241 e. The molecule has 22 heavy (non-hydrogen) atoms. The molecule has 1 saturated heterocycles. The van der Waals surface area contributed by atoms with Crippen molar-refractivity contribution in [1.29, 1.82) is 5.26 Å². The van der Waals surface area contributed by atoms with Crippen LogP contribution in [0.15, 0.2) is 29.2 Å². The molecule has 7 heteroatoms. The normalized spacial score (nSPS) is 17.1. The molecule has 2 rings (SSSR count). The number of sulfonamides is 1. The Morgan fingerprint density at radius 3 is 2.59 bits per heavy atom. The number of morpholine rings is 1. The van der Waals surface area contributed by atoms with Crippen molar-refractivity contribution >= 4 is 10.0 Å². The average molecular weight is 323 g/mol. The third-order valence-electron chi connectivity index (χ3n) is 3.86. The van der Waals surface area contributed by atoms with Gasteiger partial charge in [-0.05, 0) is 26.0 Å². The first-order valence-corrected chi connectivity index (χ1v) is 8.67. The summed E-state index contributed by atoms with van der Waals surface area (Å²) in [5.74, 6) is 0. The third-order valence-corrected chi connectivity index (χ3v) is 5.32. The Morgan fingerprint density at radius 1 is 1.32 bits per heavy atom. The van der Waals surface area contributed by atoms with Crippen molar-refractivity contribution in [2.75, 3.05) is 32.8 Å². The Morgan fingerprint density at radius 2 is 1.95 bits per heavy atom. The fourth-order valence-electron chi connectivity index (χ4n) is 2.42. The van der Waals surface area contributed by atoms with Crippen LogP contribution in [-0.4, -0.2) is 51.7 Å². The summed E-state index contributed by atoms with van der Waals surface area (Å²) in [7, 11) is -3.71. The minimum absolute atomic E-state index is 0.0234. The molecule has 0 aromatic heterocycles. The SMILES string of the molecule is CC(C)(CNS(=O)(=O)c1ccccc1C#N)N1CCOCC1. The van der Waals surface area contributed by atoms with Crippen LogP contribution in [0.5, 0.6) is 0 Å². The number of nitriles is 1. The van der Waals surface area contributed by atoms with E-state index in [9.17, 15) is 8.42 Å². The van der Waals surface area contributed by atoms with Crippen molar-refractivity contribution in [3.63, 3.8) is 0 Å². The fraction of sp³-hybridized carbons (Fsp3) is 0.533. The molecule has 0 aliphatic carbocycles. The van der Waals surface area contributed by atoms with Gasteiger partial charge in [0.05, 0.1) is 23.7 Å². The predicted molar refractivity (Wildman–Crippen MR) is 82.8 cm³/mol. The number of ether oxygens (including phenoxy) is 1. The molecule has 0 atom stereocenters. The summed E-state index contributed by atoms with van der Waals surface area (Å²) in [5, 5.41) is 9.05. The Labute approximate surface area is 131 Å². The van der Waals surface area contributed by atoms with Gasteiger partial charge in [-0.2, -0.15) is 5.26 Å². The third kappa shape index (κ3) is 3.84. The predicted octanol–water partition coefficient (Wildman–Crippen LogP) is 0.947. The summed E-state index contributed by atoms with van der Waals surface area (Å²) in [6, 6.07) is 8.13. The number of hydrogen-bond donors (Lipinski definition) is 1. The van der Waals surface area contributed by atoms with E-state index in [0.29, 0.717) is 13.2 Å². The monoisotopic (exact) mass is 323 g/mol. The van der Waals surface area contributed by atoms with E-state index in [1.165, 1.54) is 12.1 Å². The maximum atomic E-state index is 12.4. The minimum Gasteiger partial charge on any atom is -0.379 e. The van der Waals surface area contributed by atoms with Crippen molar-refractivity contribution < 1.29 is 13.2 Å². The molecule has 1 N–H and O–H groups in total. The van der Waals surface area contributed by atoms with E-state index < -0.39 is 10.0 Å². The summed E-state index contributed by atoms with van der Waals surface area (Å²) in [6.07, 6.45) is 0. The molecule has 1 aromatic carbocycles. The highest BCUT2D eigenvalue weighted by atomic mass is 32.2. The maximum absolute atomic E-state index is 12.4. The second kappa shape index (κ2) is 6.75. The van der Waals surface area contributed by atoms with Crippen molar-refractivity contribution in [3.05, 3.63) is 29.8 Å². The second-order valence-corrected chi connectivity index (χ2v) is 7.58. The van der Waals surface area contributed by atoms with E-state index >= 15 is 0 Å². The van der Waals surface area contributed by atoms with Gasteiger partial charge < -0.3 is 4.74 Å². The van der Waals surface area contributed by atoms with Gasteiger partial charge in [-0.15, -0.1) is 0 Å². The van der Waals surface area contributed by atoms with Crippen molar-refractivity contribution in [1.82, 2.24) is 9.62 Å². The Bertz CT molecular complexity index is 659. The average Bonchev–Trinajstić information content (AvgIpc) is 2.54. The van der Waals surface area contributed by atoms with Gasteiger partial charge in [0.2, 0.25) is 10.0 Å². The molecule has 1 aliphatic heterocycles. The maximum Gasteiger partial charge on any atom is 0.241 e. The molecule has 1 heterocycles. The van der Waals surface area contributed by atoms with Gasteiger partial charge >= 0.3 is 0 Å². The minimum atomic E-state index is -3.71. The van der Waals surface area contributed by atoms with Crippen molar-refractivity contribution in [3.8, 4) is 6.07 Å². The molecule has 1 aliphatic rings. The quantitative estimate of drug-likeness (QED) is 0.872. The zero-order valence-electron chi connectivity index (χ0n) is 12.9. The van der Waals surface area contributed by atoms with Crippen molar-refractivity contribution in [2.24, 2.45) is 0 Å². The van der Waals surface area contributed by atoms with Crippen LogP contribution in [0.25, 0.3) is 0 Å². The van der Waals surface area contributed by atoms with Gasteiger partial charge in [-0.1, -0.05) is 12.1 Å². The molecule has 6 nitrogen and oxygen atoms in total. The van der Waals surface area contributed by atoms with Crippen LogP contribution in [0.4, 0.5) is 0 Å². The molecular formula is C15H21N3O3S. The number of nitrogens with zero attached hydrogens (tertiary/aromatic N) is 2. The zero-order chi connectivity index (χ0) is 16.2. The standard InChI is InChI=1S/C15H21N3O3S/c1-15(2,18-7-9-21-10-8-18)12-17-22(19,20)14-6-4-3-5-13(14)11-16/h3-6,17H,7-10,12H2,1-2H3. The molecule has 0 saturated carbocycles. The van der Waals surface area contributed by atoms with Crippen LogP contribution >= 0.6 is 0 Å². The number of hydrogen-bond acceptors (Lipinski definition) is 5. The van der Waals surface area contributed by atoms with Crippen LogP contribution in [0.1, 0.15) is 19.4 Å². The lowest BCUT2D eigenvalue weighted by molar-refractivity contribution is -0.00803. The zero-order valence-corrected chi connectivity index (χ0v) is 13.7. The number of nitrogens with one attached hydrogen (secondary N) is 1. The van der Waals surface area contributed by atoms with Gasteiger partial charge in [0, 0.05) is 25.2 Å². The molecule has 120 valence electrons. The van der Waals surface area contributed by atoms with E-state index in [2.05, 4.69) is 9.62 Å². The van der Waals surface area contributed by atoms with Crippen LogP contribution in [0.2, 0.25) is 0 Å². The van der Waals surface area contributed by atoms with Gasteiger partial charge in [0.25, 0.3) is 0 Å². The molecular weight excluding hydrogens is 302 g/mol. The highest BCUT2D eigenvalue weighted by molar-refractivity contribution is 7.89. The summed E-state index contributed by atoms with van der Waals surface area (Å²) in [4.78, 5) is 2.23. The van der Waals surface area contributed by atoms with E-state index in [1.807, 2.05) is 19.9 Å². The summed E-state index contributed by atoms with van der Waals surface area (Å²) >= 11 is 0. The second-order valence-electron chi connectivity index (χ2n) is 5.84. The van der Waals surface area contributed by atoms with Crippen LogP contribution < -0.4 is 4.72 Å². The van der Waals surface area contributed by atoms with Gasteiger partial charge in [0.15, 0.2) is 0 Å². The number of rotatable bonds is 5. The molecule has 0 amide bonds. The van der Waals surface area contributed by atoms with Crippen LogP contribution in [-0.2, 0) is 14.8 Å². The lowest BCUT2D eigenvalue weighted by Crippen LogP contribution is -2.55. The Balaban J connectivity index is 2.11.